The van der Waals surface area contributed by atoms with E-state index in [-0.39, 0.29) is 27.6 Å². The van der Waals surface area contributed by atoms with Crippen LogP contribution < -0.4 is 10.2 Å². The van der Waals surface area contributed by atoms with Gasteiger partial charge in [0.05, 0.1) is 23.4 Å². The summed E-state index contributed by atoms with van der Waals surface area (Å²) in [6.07, 6.45) is 5.53. The van der Waals surface area contributed by atoms with Gasteiger partial charge in [0.1, 0.15) is 17.3 Å². The summed E-state index contributed by atoms with van der Waals surface area (Å²) in [4.78, 5) is 44.4. The summed E-state index contributed by atoms with van der Waals surface area (Å²) in [6.45, 7) is 6.53. The quantitative estimate of drug-likeness (QED) is 0.289. The summed E-state index contributed by atoms with van der Waals surface area (Å²) in [7, 11) is 0. The lowest BCUT2D eigenvalue weighted by Gasteiger charge is -2.39. The molecule has 9 nitrogen and oxygen atoms in total. The molecular formula is C32H30Cl2FN3O6. The van der Waals surface area contributed by atoms with Gasteiger partial charge >= 0.3 is 11.9 Å². The molecule has 1 amide bonds. The first-order valence-corrected chi connectivity index (χ1v) is 14.6. The molecule has 5 atom stereocenters. The normalized spacial score (nSPS) is 26.0. The molecule has 0 radical (unpaired) electrons. The number of allylic oxidation sites excluding steroid dienone is 4. The van der Waals surface area contributed by atoms with Gasteiger partial charge in [-0.2, -0.15) is 5.26 Å². The van der Waals surface area contributed by atoms with Gasteiger partial charge in [-0.25, -0.2) is 9.18 Å². The smallest absolute Gasteiger partial charge is 0.341 e. The number of nitriles is 1. The molecule has 1 N–H and O–H groups in total. The van der Waals surface area contributed by atoms with Crippen LogP contribution in [0.4, 0.5) is 10.1 Å². The number of hydrogen-bond donors (Lipinski definition) is 1. The number of amides is 1. The van der Waals surface area contributed by atoms with E-state index in [1.807, 2.05) is 20.8 Å². The van der Waals surface area contributed by atoms with Crippen molar-refractivity contribution in [2.75, 3.05) is 12.1 Å². The van der Waals surface area contributed by atoms with Gasteiger partial charge in [-0.05, 0) is 48.2 Å². The molecule has 1 aliphatic carbocycles. The molecule has 1 fully saturated rings. The van der Waals surface area contributed by atoms with Crippen molar-refractivity contribution in [2.24, 2.45) is 17.3 Å². The second kappa shape index (κ2) is 11.9. The summed E-state index contributed by atoms with van der Waals surface area (Å²) in [5.41, 5.74) is -1.65. The van der Waals surface area contributed by atoms with Crippen molar-refractivity contribution in [3.05, 3.63) is 81.6 Å². The lowest BCUT2D eigenvalue weighted by atomic mass is 9.61. The largest absolute Gasteiger partial charge is 0.428 e. The second-order valence-electron chi connectivity index (χ2n) is 12.2. The molecule has 5 rings (SSSR count). The summed E-state index contributed by atoms with van der Waals surface area (Å²) in [6, 6.07) is 8.91. The number of hydrogen-bond acceptors (Lipinski definition) is 8. The highest BCUT2D eigenvalue weighted by molar-refractivity contribution is 6.30. The fraction of sp³-hybridized carbons (Fsp3) is 0.375. The molecule has 2 aromatic rings. The maximum Gasteiger partial charge on any atom is 0.341 e. The van der Waals surface area contributed by atoms with Crippen molar-refractivity contribution in [2.45, 2.75) is 51.6 Å². The minimum absolute atomic E-state index is 0.0618. The number of rotatable bonds is 6. The zero-order valence-corrected chi connectivity index (χ0v) is 25.9. The first-order valence-electron chi connectivity index (χ1n) is 13.9. The third kappa shape index (κ3) is 5.68. The Hall–Kier alpha value is -3.91. The number of carbonyl (C=O) groups is 3. The Morgan fingerprint density at radius 2 is 1.93 bits per heavy atom. The van der Waals surface area contributed by atoms with E-state index < -0.39 is 65.2 Å². The molecule has 2 aliphatic heterocycles. The Labute approximate surface area is 264 Å². The van der Waals surface area contributed by atoms with Crippen LogP contribution in [0.3, 0.4) is 0 Å². The van der Waals surface area contributed by atoms with Gasteiger partial charge in [0.15, 0.2) is 5.75 Å². The van der Waals surface area contributed by atoms with Gasteiger partial charge in [-0.15, -0.1) is 5.06 Å². The number of ether oxygens (including phenoxy) is 2. The molecule has 2 aromatic carbocycles. The van der Waals surface area contributed by atoms with E-state index in [1.165, 1.54) is 42.3 Å². The Bertz CT molecular complexity index is 1630. The third-order valence-corrected chi connectivity index (χ3v) is 8.63. The predicted octanol–water partition coefficient (Wildman–Crippen LogP) is 6.28. The molecule has 0 spiro atoms. The maximum absolute atomic E-state index is 15.9. The zero-order chi connectivity index (χ0) is 32.0. The van der Waals surface area contributed by atoms with Crippen LogP contribution in [0, 0.1) is 34.4 Å². The zero-order valence-electron chi connectivity index (χ0n) is 24.4. The maximum atomic E-state index is 15.9. The lowest BCUT2D eigenvalue weighted by molar-refractivity contribution is -0.149. The monoisotopic (exact) mass is 641 g/mol. The third-order valence-electron chi connectivity index (χ3n) is 8.02. The SMILES string of the molecule is CC(=O)OCOC(=O)c1ccc2c(c1)ON1C(CC(C)(C)C)[C@](C#N)(c3ccc(Cl)cc3F)C(C3C=CC=C3Cl)[C@@H]1C(=O)N2. The Morgan fingerprint density at radius 3 is 2.55 bits per heavy atom. The highest BCUT2D eigenvalue weighted by atomic mass is 35.5. The number of carbonyl (C=O) groups excluding carboxylic acids is 3. The van der Waals surface area contributed by atoms with Crippen molar-refractivity contribution in [1.29, 1.82) is 5.26 Å². The highest BCUT2D eigenvalue weighted by Gasteiger charge is 2.67. The standard InChI is InChI=1S/C32H30Cl2FN3O6/c1-17(39)42-16-43-30(41)18-8-11-24-25(12-18)44-38-26(14-31(2,3)4)32(15-36,21-10-9-19(33)13-23(21)35)27(28(38)29(40)37-24)20-6-5-7-22(20)34/h5-13,20,26-28H,14,16H2,1-4H3,(H,37,40)/t20?,26?,27?,28-,32+/m1/s1. The van der Waals surface area contributed by atoms with Crippen LogP contribution in [0.25, 0.3) is 0 Å². The number of fused-ring (bicyclic) bond motifs is 2. The first-order chi connectivity index (χ1) is 20.8. The topological polar surface area (TPSA) is 118 Å². The van der Waals surface area contributed by atoms with Crippen molar-refractivity contribution in [3.63, 3.8) is 0 Å². The van der Waals surface area contributed by atoms with Gasteiger partial charge in [-0.1, -0.05) is 62.2 Å². The van der Waals surface area contributed by atoms with E-state index >= 15 is 4.39 Å². The van der Waals surface area contributed by atoms with E-state index in [0.717, 1.165) is 6.07 Å². The van der Waals surface area contributed by atoms with Crippen LogP contribution in [0.5, 0.6) is 5.75 Å². The molecule has 0 aromatic heterocycles. The Morgan fingerprint density at radius 1 is 1.18 bits per heavy atom. The van der Waals surface area contributed by atoms with E-state index in [9.17, 15) is 19.6 Å². The Kier molecular flexibility index (Phi) is 8.51. The van der Waals surface area contributed by atoms with E-state index in [0.29, 0.717) is 11.5 Å². The van der Waals surface area contributed by atoms with Crippen molar-refractivity contribution < 1.29 is 33.1 Å². The van der Waals surface area contributed by atoms with Crippen LogP contribution in [0.15, 0.2) is 59.7 Å². The second-order valence-corrected chi connectivity index (χ2v) is 13.0. The van der Waals surface area contributed by atoms with Gasteiger partial charge in [0.25, 0.3) is 0 Å². The summed E-state index contributed by atoms with van der Waals surface area (Å²) in [5, 5.41) is 16.0. The Balaban J connectivity index is 1.68. The fourth-order valence-electron chi connectivity index (χ4n) is 6.29. The number of hydroxylamine groups is 2. The van der Waals surface area contributed by atoms with Crippen molar-refractivity contribution >= 4 is 46.7 Å². The minimum Gasteiger partial charge on any atom is -0.428 e. The average Bonchev–Trinajstić information content (AvgIpc) is 3.42. The number of benzene rings is 2. The molecule has 44 heavy (non-hydrogen) atoms. The van der Waals surface area contributed by atoms with Gasteiger partial charge in [0, 0.05) is 34.4 Å². The summed E-state index contributed by atoms with van der Waals surface area (Å²) >= 11 is 12.8. The van der Waals surface area contributed by atoms with E-state index in [4.69, 9.17) is 37.5 Å². The summed E-state index contributed by atoms with van der Waals surface area (Å²) < 4.78 is 25.7. The minimum atomic E-state index is -1.64. The van der Waals surface area contributed by atoms with E-state index in [2.05, 4.69) is 11.4 Å². The van der Waals surface area contributed by atoms with Crippen LogP contribution >= 0.6 is 23.2 Å². The molecule has 230 valence electrons. The first kappa shape index (κ1) is 31.5. The highest BCUT2D eigenvalue weighted by Crippen LogP contribution is 2.57. The number of nitrogens with zero attached hydrogens (tertiary/aromatic N) is 2. The predicted molar refractivity (Wildman–Crippen MR) is 160 cm³/mol. The number of anilines is 1. The molecule has 1 saturated heterocycles. The van der Waals surface area contributed by atoms with Gasteiger partial charge in [0.2, 0.25) is 12.7 Å². The lowest BCUT2D eigenvalue weighted by Crippen LogP contribution is -2.48. The van der Waals surface area contributed by atoms with Crippen LogP contribution in [0.1, 0.15) is 50.0 Å². The van der Waals surface area contributed by atoms with E-state index in [1.54, 1.807) is 18.2 Å². The fourth-order valence-corrected chi connectivity index (χ4v) is 6.73. The van der Waals surface area contributed by atoms with Gasteiger partial charge in [-0.3, -0.25) is 9.59 Å². The van der Waals surface area contributed by atoms with Crippen LogP contribution in [-0.2, 0) is 24.5 Å². The van der Waals surface area contributed by atoms with Crippen molar-refractivity contribution in [3.8, 4) is 11.8 Å². The van der Waals surface area contributed by atoms with Crippen molar-refractivity contribution in [1.82, 2.24) is 5.06 Å². The van der Waals surface area contributed by atoms with Crippen LogP contribution in [-0.4, -0.2) is 41.8 Å². The van der Waals surface area contributed by atoms with Gasteiger partial charge < -0.3 is 19.6 Å². The number of esters is 2. The summed E-state index contributed by atoms with van der Waals surface area (Å²) in [5.74, 6) is -4.01. The molecule has 3 unspecified atom stereocenters. The number of nitrogens with one attached hydrogen (secondary N) is 1. The molecule has 2 heterocycles. The molecular weight excluding hydrogens is 612 g/mol. The average molecular weight is 643 g/mol. The molecule has 0 bridgehead atoms. The molecule has 12 heteroatoms. The molecule has 0 saturated carbocycles. The number of halogens is 3. The van der Waals surface area contributed by atoms with Crippen LogP contribution in [0.2, 0.25) is 5.02 Å². The molecule has 3 aliphatic rings.